The summed E-state index contributed by atoms with van der Waals surface area (Å²) in [6.07, 6.45) is 1.72. The number of rotatable bonds is 0. The largest absolute Gasteiger partial charge is 0.398 e. The predicted octanol–water partition coefficient (Wildman–Crippen LogP) is -0.432. The van der Waals surface area contributed by atoms with E-state index in [0.29, 0.717) is 12.3 Å². The lowest BCUT2D eigenvalue weighted by atomic mass is 10.3. The molecule has 0 saturated carbocycles. The summed E-state index contributed by atoms with van der Waals surface area (Å²) in [6.45, 7) is 0.571. The highest BCUT2D eigenvalue weighted by molar-refractivity contribution is 5.01. The topological polar surface area (TPSA) is 55.5 Å². The van der Waals surface area contributed by atoms with Crippen LogP contribution in [0.25, 0.3) is 0 Å². The first-order valence-electron chi connectivity index (χ1n) is 2.56. The van der Waals surface area contributed by atoms with E-state index in [2.05, 4.69) is 0 Å². The van der Waals surface area contributed by atoms with Gasteiger partial charge in [-0.15, -0.1) is 0 Å². The lowest BCUT2D eigenvalue weighted by Gasteiger charge is -2.15. The van der Waals surface area contributed by atoms with E-state index >= 15 is 0 Å². The molecule has 0 amide bonds. The van der Waals surface area contributed by atoms with Gasteiger partial charge in [-0.25, -0.2) is 0 Å². The van der Waals surface area contributed by atoms with Gasteiger partial charge >= 0.3 is 0 Å². The molecule has 8 heavy (non-hydrogen) atoms. The molecule has 3 nitrogen and oxygen atoms in total. The summed E-state index contributed by atoms with van der Waals surface area (Å²) >= 11 is 0. The molecule has 1 rings (SSSR count). The van der Waals surface area contributed by atoms with E-state index in [1.165, 1.54) is 0 Å². The summed E-state index contributed by atoms with van der Waals surface area (Å²) < 4.78 is 4.75. The first-order valence-corrected chi connectivity index (χ1v) is 2.56. The highest BCUT2D eigenvalue weighted by Crippen LogP contribution is 2.05. The third kappa shape index (κ3) is 0.993. The highest BCUT2D eigenvalue weighted by Gasteiger charge is 2.09. The molecule has 3 N–H and O–H groups in total. The average molecular weight is 115 g/mol. The molecule has 0 aliphatic carbocycles. The SMILES string of the molecule is NC1=CCCOC1O. The Morgan fingerprint density at radius 2 is 2.62 bits per heavy atom. The Balaban J connectivity index is 2.53. The molecule has 0 aromatic rings. The first-order chi connectivity index (χ1) is 3.80. The molecule has 0 spiro atoms. The zero-order valence-corrected chi connectivity index (χ0v) is 4.50. The molecule has 1 atom stereocenters. The van der Waals surface area contributed by atoms with E-state index in [0.717, 1.165) is 6.42 Å². The van der Waals surface area contributed by atoms with Crippen molar-refractivity contribution in [1.82, 2.24) is 0 Å². The third-order valence-corrected chi connectivity index (χ3v) is 1.06. The van der Waals surface area contributed by atoms with E-state index < -0.39 is 6.29 Å². The smallest absolute Gasteiger partial charge is 0.195 e. The zero-order chi connectivity index (χ0) is 5.98. The molecule has 0 radical (unpaired) electrons. The van der Waals surface area contributed by atoms with Crippen molar-refractivity contribution in [1.29, 1.82) is 0 Å². The number of ether oxygens (including phenoxy) is 1. The molecular formula is C5H9NO2. The van der Waals surface area contributed by atoms with E-state index in [9.17, 15) is 0 Å². The molecule has 46 valence electrons. The van der Waals surface area contributed by atoms with Gasteiger partial charge in [0.05, 0.1) is 12.3 Å². The van der Waals surface area contributed by atoms with Crippen LogP contribution in [0.5, 0.6) is 0 Å². The van der Waals surface area contributed by atoms with Crippen LogP contribution in [0.4, 0.5) is 0 Å². The first kappa shape index (κ1) is 5.59. The van der Waals surface area contributed by atoms with Crippen molar-refractivity contribution >= 4 is 0 Å². The van der Waals surface area contributed by atoms with Crippen molar-refractivity contribution in [3.05, 3.63) is 11.8 Å². The minimum atomic E-state index is -0.858. The van der Waals surface area contributed by atoms with Crippen molar-refractivity contribution in [3.63, 3.8) is 0 Å². The molecule has 3 heteroatoms. The lowest BCUT2D eigenvalue weighted by molar-refractivity contribution is -0.0784. The van der Waals surface area contributed by atoms with Crippen LogP contribution in [0.1, 0.15) is 6.42 Å². The second-order valence-corrected chi connectivity index (χ2v) is 1.72. The van der Waals surface area contributed by atoms with Crippen LogP contribution in [0, 0.1) is 0 Å². The van der Waals surface area contributed by atoms with Gasteiger partial charge in [-0.1, -0.05) is 6.08 Å². The van der Waals surface area contributed by atoms with E-state index in [1.807, 2.05) is 0 Å². The van der Waals surface area contributed by atoms with Gasteiger partial charge in [0.2, 0.25) is 0 Å². The Kier molecular flexibility index (Phi) is 1.50. The highest BCUT2D eigenvalue weighted by atomic mass is 16.6. The van der Waals surface area contributed by atoms with Crippen molar-refractivity contribution in [2.24, 2.45) is 5.73 Å². The summed E-state index contributed by atoms with van der Waals surface area (Å²) in [5, 5.41) is 8.76. The number of hydrogen-bond donors (Lipinski definition) is 2. The number of hydrogen-bond acceptors (Lipinski definition) is 3. The summed E-state index contributed by atoms with van der Waals surface area (Å²) in [6, 6.07) is 0. The maximum atomic E-state index is 8.76. The van der Waals surface area contributed by atoms with Gasteiger partial charge in [-0.05, 0) is 6.42 Å². The molecule has 0 bridgehead atoms. The monoisotopic (exact) mass is 115 g/mol. The fraction of sp³-hybridized carbons (Fsp3) is 0.600. The Labute approximate surface area is 47.8 Å². The second-order valence-electron chi connectivity index (χ2n) is 1.72. The number of aliphatic hydroxyl groups excluding tert-OH is 1. The summed E-state index contributed by atoms with van der Waals surface area (Å²) in [5.41, 5.74) is 5.69. The maximum absolute atomic E-state index is 8.76. The number of aliphatic hydroxyl groups is 1. The maximum Gasteiger partial charge on any atom is 0.195 e. The molecule has 1 aliphatic heterocycles. The summed E-state index contributed by atoms with van der Waals surface area (Å²) in [4.78, 5) is 0. The van der Waals surface area contributed by atoms with Gasteiger partial charge in [0.15, 0.2) is 6.29 Å². The van der Waals surface area contributed by atoms with Crippen LogP contribution < -0.4 is 5.73 Å². The molecule has 0 saturated heterocycles. The van der Waals surface area contributed by atoms with Crippen LogP contribution in [-0.2, 0) is 4.74 Å². The van der Waals surface area contributed by atoms with Crippen LogP contribution in [-0.4, -0.2) is 18.0 Å². The summed E-state index contributed by atoms with van der Waals surface area (Å²) in [5.74, 6) is 0. The van der Waals surface area contributed by atoms with Crippen molar-refractivity contribution in [3.8, 4) is 0 Å². The average Bonchev–Trinajstić information content (AvgIpc) is 1.77. The number of nitrogens with two attached hydrogens (primary N) is 1. The van der Waals surface area contributed by atoms with E-state index in [-0.39, 0.29) is 0 Å². The fourth-order valence-corrected chi connectivity index (χ4v) is 0.602. The molecule has 1 heterocycles. The van der Waals surface area contributed by atoms with Gasteiger partial charge in [0, 0.05) is 0 Å². The Morgan fingerprint density at radius 3 is 3.00 bits per heavy atom. The van der Waals surface area contributed by atoms with Crippen LogP contribution in [0.3, 0.4) is 0 Å². The minimum absolute atomic E-state index is 0.427. The van der Waals surface area contributed by atoms with Gasteiger partial charge in [-0.3, -0.25) is 0 Å². The van der Waals surface area contributed by atoms with Crippen LogP contribution in [0.15, 0.2) is 11.8 Å². The third-order valence-electron chi connectivity index (χ3n) is 1.06. The predicted molar refractivity (Wildman–Crippen MR) is 28.8 cm³/mol. The van der Waals surface area contributed by atoms with E-state index in [1.54, 1.807) is 6.08 Å². The second kappa shape index (κ2) is 2.15. The Bertz CT molecular complexity index is 111. The van der Waals surface area contributed by atoms with Crippen LogP contribution >= 0.6 is 0 Å². The fourth-order valence-electron chi connectivity index (χ4n) is 0.602. The van der Waals surface area contributed by atoms with Gasteiger partial charge < -0.3 is 15.6 Å². The molecule has 1 unspecified atom stereocenters. The van der Waals surface area contributed by atoms with E-state index in [4.69, 9.17) is 15.6 Å². The Morgan fingerprint density at radius 1 is 1.88 bits per heavy atom. The van der Waals surface area contributed by atoms with Crippen molar-refractivity contribution < 1.29 is 9.84 Å². The Hall–Kier alpha value is -0.540. The molecule has 0 aromatic carbocycles. The zero-order valence-electron chi connectivity index (χ0n) is 4.50. The molecular weight excluding hydrogens is 106 g/mol. The standard InChI is InChI=1S/C5H9NO2/c6-4-2-1-3-8-5(4)7/h2,5,7H,1,3,6H2. The molecule has 0 fully saturated rings. The van der Waals surface area contributed by atoms with Crippen LogP contribution in [0.2, 0.25) is 0 Å². The minimum Gasteiger partial charge on any atom is -0.398 e. The normalized spacial score (nSPS) is 29.6. The van der Waals surface area contributed by atoms with Crippen molar-refractivity contribution in [2.75, 3.05) is 6.61 Å². The molecule has 1 aliphatic rings. The van der Waals surface area contributed by atoms with Crippen molar-refractivity contribution in [2.45, 2.75) is 12.7 Å². The van der Waals surface area contributed by atoms with Gasteiger partial charge in [-0.2, -0.15) is 0 Å². The van der Waals surface area contributed by atoms with Gasteiger partial charge in [0.25, 0.3) is 0 Å². The molecule has 0 aromatic heterocycles. The lowest BCUT2D eigenvalue weighted by Crippen LogP contribution is -2.24. The summed E-state index contributed by atoms with van der Waals surface area (Å²) in [7, 11) is 0. The van der Waals surface area contributed by atoms with Gasteiger partial charge in [0.1, 0.15) is 0 Å². The quantitative estimate of drug-likeness (QED) is 0.450.